The van der Waals surface area contributed by atoms with Crippen molar-refractivity contribution >= 4 is 16.1 Å². The Bertz CT molecular complexity index is 196. The van der Waals surface area contributed by atoms with E-state index in [1.165, 1.54) is 24.9 Å². The van der Waals surface area contributed by atoms with E-state index in [0.29, 0.717) is 0 Å². The second-order valence-corrected chi connectivity index (χ2v) is 16.8. The van der Waals surface area contributed by atoms with Gasteiger partial charge in [-0.2, -0.15) is 0 Å². The van der Waals surface area contributed by atoms with Gasteiger partial charge in [0.25, 0.3) is 0 Å². The van der Waals surface area contributed by atoms with Gasteiger partial charge in [-0.05, 0) is 12.8 Å². The van der Waals surface area contributed by atoms with Crippen molar-refractivity contribution in [1.29, 1.82) is 0 Å². The number of hydrogen-bond donors (Lipinski definition) is 0. The third kappa shape index (κ3) is 2.96. The molecule has 0 unspecified atom stereocenters. The molecular formula is C12H24Si2. The van der Waals surface area contributed by atoms with Crippen molar-refractivity contribution in [1.82, 2.24) is 0 Å². The quantitative estimate of drug-likeness (QED) is 0.464. The molecule has 14 heavy (non-hydrogen) atoms. The molecule has 0 radical (unpaired) electrons. The molecule has 2 heteroatoms. The Labute approximate surface area is 91.1 Å². The van der Waals surface area contributed by atoms with Crippen LogP contribution in [0.15, 0.2) is 25.3 Å². The Morgan fingerprint density at radius 1 is 1.00 bits per heavy atom. The molecule has 0 atom stereocenters. The van der Waals surface area contributed by atoms with Crippen LogP contribution in [0.25, 0.3) is 0 Å². The fraction of sp³-hybridized carbons (Fsp3) is 0.667. The highest BCUT2D eigenvalue weighted by Gasteiger charge is 2.50. The van der Waals surface area contributed by atoms with E-state index >= 15 is 0 Å². The minimum atomic E-state index is -0.801. The zero-order chi connectivity index (χ0) is 10.7. The SMILES string of the molecule is C=CCC[Si]1(CCC=C)C[Si](C)(C)C1. The fourth-order valence-electron chi connectivity index (χ4n) is 3.27. The third-order valence-corrected chi connectivity index (χ3v) is 19.8. The highest BCUT2D eigenvalue weighted by molar-refractivity contribution is 7.12. The molecule has 0 bridgehead atoms. The van der Waals surface area contributed by atoms with E-state index in [-0.39, 0.29) is 0 Å². The smallest absolute Gasteiger partial charge is 0.0489 e. The lowest BCUT2D eigenvalue weighted by molar-refractivity contribution is 1.03. The Hall–Kier alpha value is -0.0862. The maximum atomic E-state index is 3.85. The Kier molecular flexibility index (Phi) is 3.96. The Balaban J connectivity index is 2.45. The molecule has 1 saturated heterocycles. The summed E-state index contributed by atoms with van der Waals surface area (Å²) >= 11 is 0. The van der Waals surface area contributed by atoms with Gasteiger partial charge in [0.2, 0.25) is 0 Å². The molecule has 1 aliphatic rings. The molecule has 0 spiro atoms. The van der Waals surface area contributed by atoms with E-state index < -0.39 is 16.1 Å². The van der Waals surface area contributed by atoms with Gasteiger partial charge in [-0.25, -0.2) is 0 Å². The normalized spacial score (nSPS) is 22.4. The summed E-state index contributed by atoms with van der Waals surface area (Å²) in [7, 11) is -1.49. The van der Waals surface area contributed by atoms with Gasteiger partial charge >= 0.3 is 0 Å². The minimum absolute atomic E-state index is 0.693. The highest BCUT2D eigenvalue weighted by atomic mass is 28.5. The summed E-state index contributed by atoms with van der Waals surface area (Å²) in [4.78, 5) is 0. The molecule has 1 fully saturated rings. The summed E-state index contributed by atoms with van der Waals surface area (Å²) in [5.74, 6) is 0. The van der Waals surface area contributed by atoms with Gasteiger partial charge in [-0.15, -0.1) is 13.2 Å². The molecule has 1 heterocycles. The van der Waals surface area contributed by atoms with E-state index in [2.05, 4.69) is 38.4 Å². The first-order valence-corrected chi connectivity index (χ1v) is 12.0. The van der Waals surface area contributed by atoms with Crippen LogP contribution in [0.1, 0.15) is 12.8 Å². The summed E-state index contributed by atoms with van der Waals surface area (Å²) in [5, 5.41) is 0. The second-order valence-electron chi connectivity index (χ2n) is 5.67. The van der Waals surface area contributed by atoms with E-state index in [0.717, 1.165) is 0 Å². The molecule has 1 rings (SSSR count). The van der Waals surface area contributed by atoms with Gasteiger partial charge in [0.1, 0.15) is 0 Å². The molecule has 0 N–H and O–H groups in total. The van der Waals surface area contributed by atoms with E-state index in [4.69, 9.17) is 0 Å². The molecule has 0 saturated carbocycles. The molecule has 1 aliphatic heterocycles. The number of allylic oxidation sites excluding steroid dienone is 2. The molecular weight excluding hydrogens is 200 g/mol. The van der Waals surface area contributed by atoms with Crippen molar-refractivity contribution in [2.75, 3.05) is 0 Å². The van der Waals surface area contributed by atoms with Crippen molar-refractivity contribution in [3.63, 3.8) is 0 Å². The Morgan fingerprint density at radius 2 is 1.43 bits per heavy atom. The van der Waals surface area contributed by atoms with Crippen LogP contribution in [0.4, 0.5) is 0 Å². The monoisotopic (exact) mass is 224 g/mol. The van der Waals surface area contributed by atoms with Gasteiger partial charge in [0.15, 0.2) is 0 Å². The summed E-state index contributed by atoms with van der Waals surface area (Å²) in [6.45, 7) is 12.8. The van der Waals surface area contributed by atoms with Crippen molar-refractivity contribution in [2.45, 2.75) is 49.4 Å². The van der Waals surface area contributed by atoms with Gasteiger partial charge in [-0.1, -0.05) is 48.7 Å². The first-order chi connectivity index (χ1) is 6.54. The number of hydrogen-bond acceptors (Lipinski definition) is 0. The summed E-state index contributed by atoms with van der Waals surface area (Å²) < 4.78 is 0. The molecule has 0 aromatic heterocycles. The molecule has 0 aromatic rings. The fourth-order valence-corrected chi connectivity index (χ4v) is 23.8. The van der Waals surface area contributed by atoms with Crippen LogP contribution in [-0.2, 0) is 0 Å². The zero-order valence-corrected chi connectivity index (χ0v) is 11.8. The van der Waals surface area contributed by atoms with Crippen LogP contribution >= 0.6 is 0 Å². The van der Waals surface area contributed by atoms with E-state index in [1.54, 1.807) is 11.3 Å². The lowest BCUT2D eigenvalue weighted by Crippen LogP contribution is -2.59. The first-order valence-electron chi connectivity index (χ1n) is 5.75. The van der Waals surface area contributed by atoms with Crippen LogP contribution in [0.5, 0.6) is 0 Å². The lowest BCUT2D eigenvalue weighted by atomic mass is 10.5. The van der Waals surface area contributed by atoms with Crippen molar-refractivity contribution in [3.8, 4) is 0 Å². The molecule has 80 valence electrons. The summed E-state index contributed by atoms with van der Waals surface area (Å²) in [6, 6.07) is 3.00. The highest BCUT2D eigenvalue weighted by Crippen LogP contribution is 2.46. The van der Waals surface area contributed by atoms with Gasteiger partial charge < -0.3 is 0 Å². The predicted molar refractivity (Wildman–Crippen MR) is 72.1 cm³/mol. The molecule has 0 amide bonds. The second kappa shape index (κ2) is 4.62. The lowest BCUT2D eigenvalue weighted by Gasteiger charge is -2.51. The zero-order valence-electron chi connectivity index (χ0n) is 9.81. The van der Waals surface area contributed by atoms with Crippen LogP contribution in [0, 0.1) is 0 Å². The number of rotatable bonds is 6. The third-order valence-electron chi connectivity index (χ3n) is 3.46. The van der Waals surface area contributed by atoms with Crippen molar-refractivity contribution in [3.05, 3.63) is 25.3 Å². The average molecular weight is 224 g/mol. The molecule has 0 nitrogen and oxygen atoms in total. The summed E-state index contributed by atoms with van der Waals surface area (Å²) in [5.41, 5.74) is 3.34. The molecule has 0 aromatic carbocycles. The predicted octanol–water partition coefficient (Wildman–Crippen LogP) is 4.39. The van der Waals surface area contributed by atoms with Crippen molar-refractivity contribution < 1.29 is 0 Å². The largest absolute Gasteiger partial charge is 0.103 e. The van der Waals surface area contributed by atoms with E-state index in [1.807, 2.05) is 0 Å². The van der Waals surface area contributed by atoms with Gasteiger partial charge in [-0.3, -0.25) is 0 Å². The van der Waals surface area contributed by atoms with E-state index in [9.17, 15) is 0 Å². The topological polar surface area (TPSA) is 0 Å². The minimum Gasteiger partial charge on any atom is -0.103 e. The van der Waals surface area contributed by atoms with Crippen LogP contribution in [-0.4, -0.2) is 16.1 Å². The van der Waals surface area contributed by atoms with Crippen LogP contribution in [0.2, 0.25) is 36.5 Å². The van der Waals surface area contributed by atoms with Crippen molar-refractivity contribution in [2.24, 2.45) is 0 Å². The molecule has 0 aliphatic carbocycles. The first kappa shape index (κ1) is 12.0. The van der Waals surface area contributed by atoms with Crippen LogP contribution < -0.4 is 0 Å². The standard InChI is InChI=1S/C12H24Si2/c1-5-7-9-14(10-8-6-2)11-13(3,4)12-14/h5-6H,1-2,7-12H2,3-4H3. The average Bonchev–Trinajstić information content (AvgIpc) is 2.08. The van der Waals surface area contributed by atoms with Gasteiger partial charge in [0, 0.05) is 16.1 Å². The summed E-state index contributed by atoms with van der Waals surface area (Å²) in [6.07, 6.45) is 6.73. The maximum absolute atomic E-state index is 3.85. The maximum Gasteiger partial charge on any atom is 0.0489 e. The van der Waals surface area contributed by atoms with Crippen LogP contribution in [0.3, 0.4) is 0 Å². The van der Waals surface area contributed by atoms with Gasteiger partial charge in [0.05, 0.1) is 0 Å². The Morgan fingerprint density at radius 3 is 1.71 bits per heavy atom.